The van der Waals surface area contributed by atoms with Gasteiger partial charge in [-0.2, -0.15) is 5.10 Å². The van der Waals surface area contributed by atoms with E-state index in [1.165, 1.54) is 37.8 Å². The summed E-state index contributed by atoms with van der Waals surface area (Å²) in [5.74, 6) is 3.18. The van der Waals surface area contributed by atoms with E-state index < -0.39 is 15.8 Å². The molecule has 2 heterocycles. The molecule has 9 heteroatoms. The Hall–Kier alpha value is -4.49. The highest BCUT2D eigenvalue weighted by molar-refractivity contribution is 7.88. The third-order valence-corrected chi connectivity index (χ3v) is 9.34. The van der Waals surface area contributed by atoms with Crippen molar-refractivity contribution >= 4 is 37.4 Å². The lowest BCUT2D eigenvalue weighted by Gasteiger charge is -2.11. The number of terminal acetylenes is 1. The highest BCUT2D eigenvalue weighted by Gasteiger charge is 2.17. The van der Waals surface area contributed by atoms with Crippen LogP contribution < -0.4 is 10.0 Å². The maximum atomic E-state index is 14.7. The number of nitrogens with zero attached hydrogens (tertiary/aromatic N) is 1. The highest BCUT2D eigenvalue weighted by atomic mass is 32.2. The van der Waals surface area contributed by atoms with Crippen LogP contribution >= 0.6 is 0 Å². The fourth-order valence-electron chi connectivity index (χ4n) is 6.35. The Morgan fingerprint density at radius 3 is 2.67 bits per heavy atom. The summed E-state index contributed by atoms with van der Waals surface area (Å²) in [6, 6.07) is 18.7. The molecule has 5 aromatic rings. The van der Waals surface area contributed by atoms with Gasteiger partial charge in [-0.15, -0.1) is 6.42 Å². The van der Waals surface area contributed by atoms with Crippen LogP contribution in [0.15, 0.2) is 78.4 Å². The third kappa shape index (κ3) is 7.15. The van der Waals surface area contributed by atoms with Crippen LogP contribution in [-0.4, -0.2) is 42.9 Å². The number of hydrogen-bond acceptors (Lipinski definition) is 4. The molecule has 0 unspecified atom stereocenters. The monoisotopic (exact) mass is 635 g/mol. The van der Waals surface area contributed by atoms with Crippen LogP contribution in [-0.2, 0) is 16.6 Å². The van der Waals surface area contributed by atoms with Crippen molar-refractivity contribution in [1.82, 2.24) is 25.2 Å². The molecule has 236 valence electrons. The molecule has 4 N–H and O–H groups in total. The Labute approximate surface area is 269 Å². The lowest BCUT2D eigenvalue weighted by molar-refractivity contribution is 0.503. The van der Waals surface area contributed by atoms with E-state index in [4.69, 9.17) is 6.42 Å². The van der Waals surface area contributed by atoms with Gasteiger partial charge in [-0.05, 0) is 109 Å². The molecule has 0 saturated heterocycles. The van der Waals surface area contributed by atoms with E-state index in [2.05, 4.69) is 55.4 Å². The van der Waals surface area contributed by atoms with Crippen LogP contribution in [0.1, 0.15) is 43.7 Å². The topological polar surface area (TPSA) is 103 Å². The number of allylic oxidation sites excluding steroid dienone is 3. The second-order valence-corrected chi connectivity index (χ2v) is 13.9. The standard InChI is InChI=1S/C37H38FN5O2S/c1-4-24(21-39-22-25-9-6-7-10-25)15-27(5-2)28-13-14-35-33(19-28)37(43-42-35)36-20-32-31(11-8-12-34(32)41-36)29-16-26(17-30(38)18-29)23-40-46(3,44)45/h1,5,8,11-20,25,39-41H,6-7,9-10,21-23H2,2-3H3,(H,42,43)/b24-15+,27-5+. The van der Waals surface area contributed by atoms with E-state index in [1.54, 1.807) is 6.07 Å². The molecule has 3 aromatic carbocycles. The first-order valence-corrected chi connectivity index (χ1v) is 17.5. The first-order chi connectivity index (χ1) is 22.2. The van der Waals surface area contributed by atoms with Crippen molar-refractivity contribution in [2.24, 2.45) is 5.92 Å². The van der Waals surface area contributed by atoms with Gasteiger partial charge in [0.1, 0.15) is 11.5 Å². The Kier molecular flexibility index (Phi) is 9.22. The fraction of sp³-hybridized carbons (Fsp3) is 0.270. The van der Waals surface area contributed by atoms with E-state index in [0.29, 0.717) is 17.7 Å². The molecule has 6 rings (SSSR count). The lowest BCUT2D eigenvalue weighted by Crippen LogP contribution is -2.23. The fourth-order valence-corrected chi connectivity index (χ4v) is 6.77. The largest absolute Gasteiger partial charge is 0.353 e. The summed E-state index contributed by atoms with van der Waals surface area (Å²) in [5, 5.41) is 13.2. The molecule has 0 atom stereocenters. The Bertz CT molecular complexity index is 2110. The quantitative estimate of drug-likeness (QED) is 0.0903. The zero-order valence-electron chi connectivity index (χ0n) is 26.1. The summed E-state index contributed by atoms with van der Waals surface area (Å²) in [4.78, 5) is 3.50. The Morgan fingerprint density at radius 2 is 1.91 bits per heavy atom. The van der Waals surface area contributed by atoms with Gasteiger partial charge in [0.15, 0.2) is 0 Å². The minimum Gasteiger partial charge on any atom is -0.353 e. The molecule has 0 aliphatic heterocycles. The van der Waals surface area contributed by atoms with Gasteiger partial charge in [0.2, 0.25) is 10.0 Å². The van der Waals surface area contributed by atoms with Crippen molar-refractivity contribution < 1.29 is 12.8 Å². The van der Waals surface area contributed by atoms with Crippen LogP contribution in [0.4, 0.5) is 4.39 Å². The summed E-state index contributed by atoms with van der Waals surface area (Å²) in [7, 11) is -3.42. The van der Waals surface area contributed by atoms with Crippen molar-refractivity contribution in [2.45, 2.75) is 39.2 Å². The van der Waals surface area contributed by atoms with Crippen LogP contribution in [0.2, 0.25) is 0 Å². The summed E-state index contributed by atoms with van der Waals surface area (Å²) in [5.41, 5.74) is 8.36. The number of rotatable bonds is 11. The van der Waals surface area contributed by atoms with Gasteiger partial charge in [0, 0.05) is 35.0 Å². The van der Waals surface area contributed by atoms with E-state index in [-0.39, 0.29) is 6.54 Å². The average molecular weight is 636 g/mol. The molecular weight excluding hydrogens is 598 g/mol. The average Bonchev–Trinajstić information content (AvgIpc) is 3.80. The van der Waals surface area contributed by atoms with E-state index in [1.807, 2.05) is 37.3 Å². The molecule has 0 amide bonds. The van der Waals surface area contributed by atoms with Gasteiger partial charge in [-0.1, -0.05) is 43.0 Å². The first-order valence-electron chi connectivity index (χ1n) is 15.6. The number of H-pyrrole nitrogens is 2. The van der Waals surface area contributed by atoms with Gasteiger partial charge in [-0.25, -0.2) is 17.5 Å². The summed E-state index contributed by atoms with van der Waals surface area (Å²) < 4.78 is 40.3. The Balaban J connectivity index is 1.30. The van der Waals surface area contributed by atoms with Crippen LogP contribution in [0.3, 0.4) is 0 Å². The summed E-state index contributed by atoms with van der Waals surface area (Å²) in [6.07, 6.45) is 16.4. The molecule has 46 heavy (non-hydrogen) atoms. The number of halogens is 1. The van der Waals surface area contributed by atoms with Gasteiger partial charge >= 0.3 is 0 Å². The summed E-state index contributed by atoms with van der Waals surface area (Å²) in [6.45, 7) is 3.69. The normalized spacial score (nSPS) is 14.8. The Morgan fingerprint density at radius 1 is 1.09 bits per heavy atom. The van der Waals surface area contributed by atoms with E-state index in [0.717, 1.165) is 74.2 Å². The minimum atomic E-state index is -3.42. The van der Waals surface area contributed by atoms with Gasteiger partial charge in [0.25, 0.3) is 0 Å². The lowest BCUT2D eigenvalue weighted by atomic mass is 9.99. The summed E-state index contributed by atoms with van der Waals surface area (Å²) >= 11 is 0. The molecule has 0 bridgehead atoms. The predicted molar refractivity (Wildman–Crippen MR) is 186 cm³/mol. The predicted octanol–water partition coefficient (Wildman–Crippen LogP) is 7.31. The van der Waals surface area contributed by atoms with Gasteiger partial charge in [-0.3, -0.25) is 5.10 Å². The molecule has 2 aromatic heterocycles. The van der Waals surface area contributed by atoms with Crippen LogP contribution in [0.5, 0.6) is 0 Å². The number of hydrogen-bond donors (Lipinski definition) is 4. The van der Waals surface area contributed by atoms with Crippen molar-refractivity contribution in [1.29, 1.82) is 0 Å². The minimum absolute atomic E-state index is 0.00272. The molecule has 7 nitrogen and oxygen atoms in total. The highest BCUT2D eigenvalue weighted by Crippen LogP contribution is 2.35. The zero-order chi connectivity index (χ0) is 32.3. The van der Waals surface area contributed by atoms with Crippen LogP contribution in [0.25, 0.3) is 49.9 Å². The number of fused-ring (bicyclic) bond motifs is 2. The van der Waals surface area contributed by atoms with Gasteiger partial charge < -0.3 is 10.3 Å². The van der Waals surface area contributed by atoms with E-state index in [9.17, 15) is 12.8 Å². The van der Waals surface area contributed by atoms with Crippen molar-refractivity contribution in [2.75, 3.05) is 19.3 Å². The maximum absolute atomic E-state index is 14.7. The van der Waals surface area contributed by atoms with Crippen LogP contribution in [0, 0.1) is 24.1 Å². The number of aromatic amines is 2. The third-order valence-electron chi connectivity index (χ3n) is 8.67. The molecular formula is C37H38FN5O2S. The zero-order valence-corrected chi connectivity index (χ0v) is 26.9. The molecule has 1 fully saturated rings. The van der Waals surface area contributed by atoms with E-state index >= 15 is 0 Å². The van der Waals surface area contributed by atoms with Gasteiger partial charge in [0.05, 0.1) is 17.5 Å². The number of benzene rings is 3. The smallest absolute Gasteiger partial charge is 0.209 e. The molecule has 0 spiro atoms. The maximum Gasteiger partial charge on any atom is 0.209 e. The van der Waals surface area contributed by atoms with Crippen molar-refractivity contribution in [3.8, 4) is 34.9 Å². The van der Waals surface area contributed by atoms with Crippen molar-refractivity contribution in [3.63, 3.8) is 0 Å². The second kappa shape index (κ2) is 13.5. The molecule has 1 saturated carbocycles. The SMILES string of the molecule is C#C/C(=C\C(=C/C)c1ccc2[nH]nc(-c3cc4c(-c5cc(F)cc(CNS(C)(=O)=O)c5)cccc4[nH]3)c2c1)CNCC1CCCC1. The first kappa shape index (κ1) is 31.5. The molecule has 1 aliphatic carbocycles. The number of aromatic nitrogens is 3. The molecule has 0 radical (unpaired) electrons. The number of sulfonamides is 1. The number of nitrogens with one attached hydrogen (secondary N) is 4. The molecule has 1 aliphatic rings. The second-order valence-electron chi connectivity index (χ2n) is 12.1. The van der Waals surface area contributed by atoms with Crippen molar-refractivity contribution in [3.05, 3.63) is 95.3 Å².